The van der Waals surface area contributed by atoms with Gasteiger partial charge in [0.25, 0.3) is 0 Å². The monoisotopic (exact) mass is 190 g/mol. The summed E-state index contributed by atoms with van der Waals surface area (Å²) < 4.78 is 2.28. The molecule has 0 fully saturated rings. The van der Waals surface area contributed by atoms with E-state index in [4.69, 9.17) is 5.26 Å². The molecule has 0 aliphatic rings. The largest absolute Gasteiger partial charge is 0.349 e. The normalized spacial score (nSPS) is 11.4. The van der Waals surface area contributed by atoms with Gasteiger partial charge in [-0.1, -0.05) is 13.8 Å². The third-order valence-corrected chi connectivity index (χ3v) is 2.56. The third-order valence-electron chi connectivity index (χ3n) is 2.56. The van der Waals surface area contributed by atoms with Gasteiger partial charge in [-0.25, -0.2) is 0 Å². The van der Waals surface area contributed by atoms with Crippen LogP contribution in [0.4, 0.5) is 0 Å². The van der Waals surface area contributed by atoms with Crippen molar-refractivity contribution in [3.8, 4) is 6.07 Å². The minimum Gasteiger partial charge on any atom is -0.349 e. The molecule has 0 saturated carbocycles. The molecule has 1 heterocycles. The molecule has 0 spiro atoms. The Morgan fingerprint density at radius 2 is 1.79 bits per heavy atom. The average Bonchev–Trinajstić information content (AvgIpc) is 2.35. The standard InChI is InChI=1S/C12H18N2/c1-10-5-6-11(2)14(10)9-12(3,4)7-8-13/h5-6H,7,9H2,1-4H3. The summed E-state index contributed by atoms with van der Waals surface area (Å²) >= 11 is 0. The molecule has 2 nitrogen and oxygen atoms in total. The summed E-state index contributed by atoms with van der Waals surface area (Å²) in [6, 6.07) is 6.49. The highest BCUT2D eigenvalue weighted by molar-refractivity contribution is 5.14. The Hall–Kier alpha value is -1.23. The highest BCUT2D eigenvalue weighted by Crippen LogP contribution is 2.24. The zero-order chi connectivity index (χ0) is 10.8. The first kappa shape index (κ1) is 10.8. The molecule has 0 saturated heterocycles. The SMILES string of the molecule is Cc1ccc(C)n1CC(C)(C)CC#N. The molecule has 0 aliphatic carbocycles. The van der Waals surface area contributed by atoms with Gasteiger partial charge in [-0.2, -0.15) is 5.26 Å². The zero-order valence-corrected chi connectivity index (χ0v) is 9.46. The van der Waals surface area contributed by atoms with Crippen LogP contribution >= 0.6 is 0 Å². The molecular weight excluding hydrogens is 172 g/mol. The van der Waals surface area contributed by atoms with Crippen molar-refractivity contribution in [2.45, 2.75) is 40.7 Å². The molecule has 1 aromatic rings. The van der Waals surface area contributed by atoms with Crippen LogP contribution in [-0.4, -0.2) is 4.57 Å². The molecule has 14 heavy (non-hydrogen) atoms. The maximum absolute atomic E-state index is 8.71. The highest BCUT2D eigenvalue weighted by Gasteiger charge is 2.19. The number of nitriles is 1. The summed E-state index contributed by atoms with van der Waals surface area (Å²) in [5, 5.41) is 8.71. The third kappa shape index (κ3) is 2.38. The van der Waals surface area contributed by atoms with Crippen LogP contribution in [0.25, 0.3) is 0 Å². The van der Waals surface area contributed by atoms with Gasteiger partial charge in [0.05, 0.1) is 6.07 Å². The number of hydrogen-bond donors (Lipinski definition) is 0. The molecule has 0 bridgehead atoms. The van der Waals surface area contributed by atoms with Gasteiger partial charge in [0.15, 0.2) is 0 Å². The quantitative estimate of drug-likeness (QED) is 0.720. The van der Waals surface area contributed by atoms with E-state index in [0.29, 0.717) is 6.42 Å². The molecule has 0 radical (unpaired) electrons. The summed E-state index contributed by atoms with van der Waals surface area (Å²) in [4.78, 5) is 0. The molecule has 0 unspecified atom stereocenters. The molecule has 1 aromatic heterocycles. The van der Waals surface area contributed by atoms with Crippen LogP contribution in [-0.2, 0) is 6.54 Å². The van der Waals surface area contributed by atoms with Crippen LogP contribution in [0.15, 0.2) is 12.1 Å². The number of aryl methyl sites for hydroxylation is 2. The van der Waals surface area contributed by atoms with Gasteiger partial charge in [-0.3, -0.25) is 0 Å². The van der Waals surface area contributed by atoms with Crippen LogP contribution in [0.1, 0.15) is 31.7 Å². The zero-order valence-electron chi connectivity index (χ0n) is 9.46. The first-order valence-corrected chi connectivity index (χ1v) is 4.96. The summed E-state index contributed by atoms with van der Waals surface area (Å²) in [6.45, 7) is 9.40. The fraction of sp³-hybridized carbons (Fsp3) is 0.583. The first-order chi connectivity index (χ1) is 6.46. The molecule has 0 aliphatic heterocycles. The predicted molar refractivity (Wildman–Crippen MR) is 57.9 cm³/mol. The smallest absolute Gasteiger partial charge is 0.0628 e. The number of rotatable bonds is 3. The Kier molecular flexibility index (Phi) is 3.00. The molecule has 0 N–H and O–H groups in total. The topological polar surface area (TPSA) is 28.7 Å². The van der Waals surface area contributed by atoms with E-state index >= 15 is 0 Å². The maximum atomic E-state index is 8.71. The van der Waals surface area contributed by atoms with E-state index in [0.717, 1.165) is 6.54 Å². The van der Waals surface area contributed by atoms with Crippen molar-refractivity contribution >= 4 is 0 Å². The van der Waals surface area contributed by atoms with E-state index < -0.39 is 0 Å². The van der Waals surface area contributed by atoms with Gasteiger partial charge in [0.2, 0.25) is 0 Å². The lowest BCUT2D eigenvalue weighted by molar-refractivity contribution is 0.308. The van der Waals surface area contributed by atoms with Gasteiger partial charge in [0.1, 0.15) is 0 Å². The van der Waals surface area contributed by atoms with Crippen molar-refractivity contribution in [3.05, 3.63) is 23.5 Å². The van der Waals surface area contributed by atoms with Gasteiger partial charge in [0, 0.05) is 24.4 Å². The second kappa shape index (κ2) is 3.88. The van der Waals surface area contributed by atoms with Crippen molar-refractivity contribution in [2.75, 3.05) is 0 Å². The summed E-state index contributed by atoms with van der Waals surface area (Å²) in [7, 11) is 0. The lowest BCUT2D eigenvalue weighted by atomic mass is 9.90. The molecule has 0 amide bonds. The Morgan fingerprint density at radius 1 is 1.29 bits per heavy atom. The fourth-order valence-electron chi connectivity index (χ4n) is 1.65. The fourth-order valence-corrected chi connectivity index (χ4v) is 1.65. The van der Waals surface area contributed by atoms with Gasteiger partial charge in [-0.05, 0) is 31.4 Å². The maximum Gasteiger partial charge on any atom is 0.0628 e. The van der Waals surface area contributed by atoms with Crippen LogP contribution in [0, 0.1) is 30.6 Å². The number of nitrogens with zero attached hydrogens (tertiary/aromatic N) is 2. The molecule has 1 rings (SSSR count). The lowest BCUT2D eigenvalue weighted by Crippen LogP contribution is -2.20. The number of hydrogen-bond acceptors (Lipinski definition) is 1. The van der Waals surface area contributed by atoms with E-state index in [2.05, 4.69) is 50.5 Å². The van der Waals surface area contributed by atoms with Crippen molar-refractivity contribution in [1.29, 1.82) is 5.26 Å². The Bertz CT molecular complexity index is 333. The van der Waals surface area contributed by atoms with Crippen LogP contribution in [0.3, 0.4) is 0 Å². The van der Waals surface area contributed by atoms with E-state index in [9.17, 15) is 0 Å². The minimum absolute atomic E-state index is 0.0588. The first-order valence-electron chi connectivity index (χ1n) is 4.96. The predicted octanol–water partition coefficient (Wildman–Crippen LogP) is 3.04. The minimum atomic E-state index is 0.0588. The van der Waals surface area contributed by atoms with Crippen LogP contribution in [0.2, 0.25) is 0 Å². The Labute approximate surface area is 86.2 Å². The molecule has 0 atom stereocenters. The van der Waals surface area contributed by atoms with Crippen molar-refractivity contribution in [3.63, 3.8) is 0 Å². The number of aromatic nitrogens is 1. The van der Waals surface area contributed by atoms with E-state index in [1.54, 1.807) is 0 Å². The molecule has 2 heteroatoms. The van der Waals surface area contributed by atoms with Crippen molar-refractivity contribution in [1.82, 2.24) is 4.57 Å². The van der Waals surface area contributed by atoms with Gasteiger partial charge in [-0.15, -0.1) is 0 Å². The van der Waals surface area contributed by atoms with E-state index in [-0.39, 0.29) is 5.41 Å². The average molecular weight is 190 g/mol. The molecule has 76 valence electrons. The van der Waals surface area contributed by atoms with Crippen LogP contribution < -0.4 is 0 Å². The second-order valence-electron chi connectivity index (χ2n) is 4.70. The van der Waals surface area contributed by atoms with E-state index in [1.165, 1.54) is 11.4 Å². The van der Waals surface area contributed by atoms with Gasteiger partial charge >= 0.3 is 0 Å². The summed E-state index contributed by atoms with van der Waals surface area (Å²) in [6.07, 6.45) is 0.601. The second-order valence-corrected chi connectivity index (χ2v) is 4.70. The van der Waals surface area contributed by atoms with Crippen molar-refractivity contribution < 1.29 is 0 Å². The molecule has 0 aromatic carbocycles. The summed E-state index contributed by atoms with van der Waals surface area (Å²) in [5.74, 6) is 0. The highest BCUT2D eigenvalue weighted by atomic mass is 15.0. The van der Waals surface area contributed by atoms with Crippen molar-refractivity contribution in [2.24, 2.45) is 5.41 Å². The lowest BCUT2D eigenvalue weighted by Gasteiger charge is -2.24. The Morgan fingerprint density at radius 3 is 2.21 bits per heavy atom. The Balaban J connectivity index is 2.84. The molecular formula is C12H18N2. The summed E-state index contributed by atoms with van der Waals surface area (Å²) in [5.41, 5.74) is 2.60. The van der Waals surface area contributed by atoms with Crippen LogP contribution in [0.5, 0.6) is 0 Å². The van der Waals surface area contributed by atoms with E-state index in [1.807, 2.05) is 0 Å². The van der Waals surface area contributed by atoms with Gasteiger partial charge < -0.3 is 4.57 Å².